The first-order valence-electron chi connectivity index (χ1n) is 9.68. The largest absolute Gasteiger partial charge is 0.497 e. The van der Waals surface area contributed by atoms with Gasteiger partial charge < -0.3 is 14.2 Å². The zero-order valence-electron chi connectivity index (χ0n) is 16.4. The van der Waals surface area contributed by atoms with Gasteiger partial charge in [0.2, 0.25) is 0 Å². The minimum Gasteiger partial charge on any atom is -0.497 e. The second-order valence-corrected chi connectivity index (χ2v) is 7.25. The Labute approximate surface area is 165 Å². The van der Waals surface area contributed by atoms with Crippen molar-refractivity contribution in [1.29, 1.82) is 0 Å². The van der Waals surface area contributed by atoms with Crippen LogP contribution >= 0.6 is 0 Å². The van der Waals surface area contributed by atoms with Crippen molar-refractivity contribution in [3.63, 3.8) is 0 Å². The number of nitrogens with zero attached hydrogens (tertiary/aromatic N) is 4. The lowest BCUT2D eigenvalue weighted by Gasteiger charge is -2.37. The number of benzene rings is 1. The number of aromatic nitrogens is 2. The van der Waals surface area contributed by atoms with E-state index in [1.807, 2.05) is 24.3 Å². The molecule has 0 amide bonds. The Kier molecular flexibility index (Phi) is 5.58. The van der Waals surface area contributed by atoms with Crippen molar-refractivity contribution in [3.05, 3.63) is 60.6 Å². The van der Waals surface area contributed by atoms with Gasteiger partial charge in [0.1, 0.15) is 11.4 Å². The molecule has 4 rings (SSSR count). The van der Waals surface area contributed by atoms with Crippen LogP contribution in [0.5, 0.6) is 5.75 Å². The number of methoxy groups -OCH3 is 1. The number of hydrogen-bond donors (Lipinski definition) is 0. The molecule has 28 heavy (non-hydrogen) atoms. The highest BCUT2D eigenvalue weighted by Gasteiger charge is 2.24. The number of piperidine rings is 1. The first-order valence-corrected chi connectivity index (χ1v) is 9.68. The molecule has 0 radical (unpaired) electrons. The standard InChI is InChI=1S/C22H26N4O2/c1-25(16-21-14-22(24-28-21)17-5-4-10-23-15-17)18-8-11-26(12-9-18)19-6-3-7-20(13-19)27-2/h3-7,10,13-15,18H,8-9,11-12,16H2,1-2H3. The normalized spacial score (nSPS) is 15.2. The molecule has 1 fully saturated rings. The summed E-state index contributed by atoms with van der Waals surface area (Å²) >= 11 is 0. The number of pyridine rings is 1. The van der Waals surface area contributed by atoms with Crippen LogP contribution in [0.1, 0.15) is 18.6 Å². The Balaban J connectivity index is 1.33. The van der Waals surface area contributed by atoms with Crippen molar-refractivity contribution in [2.75, 3.05) is 32.1 Å². The minimum absolute atomic E-state index is 0.536. The number of rotatable bonds is 6. The monoisotopic (exact) mass is 378 g/mol. The van der Waals surface area contributed by atoms with Crippen molar-refractivity contribution in [2.24, 2.45) is 0 Å². The van der Waals surface area contributed by atoms with Gasteiger partial charge in [0.15, 0.2) is 5.76 Å². The first kappa shape index (κ1) is 18.5. The van der Waals surface area contributed by atoms with E-state index in [9.17, 15) is 0 Å². The predicted molar refractivity (Wildman–Crippen MR) is 109 cm³/mol. The maximum absolute atomic E-state index is 5.55. The van der Waals surface area contributed by atoms with Crippen LogP contribution in [0.15, 0.2) is 59.4 Å². The molecular formula is C22H26N4O2. The predicted octanol–water partition coefficient (Wildman–Crippen LogP) is 3.85. The summed E-state index contributed by atoms with van der Waals surface area (Å²) in [4.78, 5) is 8.95. The molecule has 6 nitrogen and oxygen atoms in total. The molecule has 6 heteroatoms. The third-order valence-corrected chi connectivity index (χ3v) is 5.43. The molecule has 3 aromatic rings. The summed E-state index contributed by atoms with van der Waals surface area (Å²) in [5, 5.41) is 4.19. The molecule has 0 spiro atoms. The molecule has 0 bridgehead atoms. The Bertz CT molecular complexity index is 888. The summed E-state index contributed by atoms with van der Waals surface area (Å²) in [6.07, 6.45) is 5.81. The first-order chi connectivity index (χ1) is 13.7. The fourth-order valence-electron chi connectivity index (χ4n) is 3.78. The van der Waals surface area contributed by atoms with Gasteiger partial charge in [0.25, 0.3) is 0 Å². The van der Waals surface area contributed by atoms with E-state index in [-0.39, 0.29) is 0 Å². The molecule has 0 saturated carbocycles. The van der Waals surface area contributed by atoms with Crippen LogP contribution in [0, 0.1) is 0 Å². The summed E-state index contributed by atoms with van der Waals surface area (Å²) < 4.78 is 10.9. The SMILES string of the molecule is COc1cccc(N2CCC(N(C)Cc3cc(-c4cccnc4)no3)CC2)c1. The Hall–Kier alpha value is -2.86. The van der Waals surface area contributed by atoms with E-state index < -0.39 is 0 Å². The highest BCUT2D eigenvalue weighted by Crippen LogP contribution is 2.26. The molecule has 1 saturated heterocycles. The van der Waals surface area contributed by atoms with E-state index in [1.54, 1.807) is 19.5 Å². The molecule has 1 aromatic carbocycles. The quantitative estimate of drug-likeness (QED) is 0.649. The summed E-state index contributed by atoms with van der Waals surface area (Å²) in [6.45, 7) is 2.84. The van der Waals surface area contributed by atoms with Crippen LogP contribution in [0.3, 0.4) is 0 Å². The third kappa shape index (κ3) is 4.17. The fraction of sp³-hybridized carbons (Fsp3) is 0.364. The summed E-state index contributed by atoms with van der Waals surface area (Å²) in [5.41, 5.74) is 3.05. The molecule has 1 aliphatic rings. The summed E-state index contributed by atoms with van der Waals surface area (Å²) in [7, 11) is 3.88. The van der Waals surface area contributed by atoms with Crippen molar-refractivity contribution >= 4 is 5.69 Å². The highest BCUT2D eigenvalue weighted by atomic mass is 16.5. The van der Waals surface area contributed by atoms with Gasteiger partial charge in [-0.15, -0.1) is 0 Å². The fourth-order valence-corrected chi connectivity index (χ4v) is 3.78. The van der Waals surface area contributed by atoms with Gasteiger partial charge in [-0.2, -0.15) is 0 Å². The third-order valence-electron chi connectivity index (χ3n) is 5.43. The molecule has 0 atom stereocenters. The molecular weight excluding hydrogens is 352 g/mol. The topological polar surface area (TPSA) is 54.6 Å². The zero-order chi connectivity index (χ0) is 19.3. The van der Waals surface area contributed by atoms with Crippen LogP contribution in [0.4, 0.5) is 5.69 Å². The zero-order valence-corrected chi connectivity index (χ0v) is 16.4. The van der Waals surface area contributed by atoms with Crippen molar-refractivity contribution in [2.45, 2.75) is 25.4 Å². The molecule has 146 valence electrons. The van der Waals surface area contributed by atoms with Gasteiger partial charge in [-0.1, -0.05) is 11.2 Å². The van der Waals surface area contributed by atoms with Crippen molar-refractivity contribution in [3.8, 4) is 17.0 Å². The van der Waals surface area contributed by atoms with E-state index >= 15 is 0 Å². The van der Waals surface area contributed by atoms with E-state index in [1.165, 1.54) is 5.69 Å². The number of anilines is 1. The molecule has 0 aliphatic carbocycles. The average Bonchev–Trinajstić information content (AvgIpc) is 3.23. The maximum atomic E-state index is 5.55. The van der Waals surface area contributed by atoms with Gasteiger partial charge in [-0.3, -0.25) is 9.88 Å². The smallest absolute Gasteiger partial charge is 0.151 e. The van der Waals surface area contributed by atoms with Crippen LogP contribution in [-0.2, 0) is 6.54 Å². The Morgan fingerprint density at radius 3 is 2.79 bits per heavy atom. The van der Waals surface area contributed by atoms with Gasteiger partial charge in [0.05, 0.1) is 13.7 Å². The van der Waals surface area contributed by atoms with Gasteiger partial charge >= 0.3 is 0 Å². The van der Waals surface area contributed by atoms with Gasteiger partial charge in [0, 0.05) is 54.9 Å². The van der Waals surface area contributed by atoms with Crippen LogP contribution in [0.2, 0.25) is 0 Å². The number of ether oxygens (including phenoxy) is 1. The van der Waals surface area contributed by atoms with Crippen molar-refractivity contribution < 1.29 is 9.26 Å². The van der Waals surface area contributed by atoms with E-state index in [0.717, 1.165) is 55.2 Å². The second-order valence-electron chi connectivity index (χ2n) is 7.25. The van der Waals surface area contributed by atoms with Gasteiger partial charge in [-0.25, -0.2) is 0 Å². The lowest BCUT2D eigenvalue weighted by Crippen LogP contribution is -2.43. The molecule has 1 aliphatic heterocycles. The molecule has 0 N–H and O–H groups in total. The molecule has 2 aromatic heterocycles. The summed E-state index contributed by atoms with van der Waals surface area (Å²) in [6, 6.07) is 14.8. The van der Waals surface area contributed by atoms with Crippen LogP contribution < -0.4 is 9.64 Å². The minimum atomic E-state index is 0.536. The van der Waals surface area contributed by atoms with Crippen LogP contribution in [0.25, 0.3) is 11.3 Å². The van der Waals surface area contributed by atoms with Gasteiger partial charge in [-0.05, 0) is 44.2 Å². The van der Waals surface area contributed by atoms with Crippen molar-refractivity contribution in [1.82, 2.24) is 15.0 Å². The average molecular weight is 378 g/mol. The molecule has 3 heterocycles. The Morgan fingerprint density at radius 1 is 1.18 bits per heavy atom. The molecule has 0 unspecified atom stereocenters. The maximum Gasteiger partial charge on any atom is 0.151 e. The lowest BCUT2D eigenvalue weighted by atomic mass is 10.0. The van der Waals surface area contributed by atoms with Crippen LogP contribution in [-0.4, -0.2) is 48.3 Å². The Morgan fingerprint density at radius 2 is 2.04 bits per heavy atom. The lowest BCUT2D eigenvalue weighted by molar-refractivity contribution is 0.181. The van der Waals surface area contributed by atoms with E-state index in [0.29, 0.717) is 6.04 Å². The van der Waals surface area contributed by atoms with E-state index in [4.69, 9.17) is 9.26 Å². The summed E-state index contributed by atoms with van der Waals surface area (Å²) in [5.74, 6) is 1.79. The second kappa shape index (κ2) is 8.44. The number of hydrogen-bond acceptors (Lipinski definition) is 6. The highest BCUT2D eigenvalue weighted by molar-refractivity contribution is 5.57. The van der Waals surface area contributed by atoms with E-state index in [2.05, 4.69) is 45.2 Å².